The van der Waals surface area contributed by atoms with Gasteiger partial charge >= 0.3 is 10.1 Å². The molecule has 3 aromatic carbocycles. The average molecular weight is 554 g/mol. The molecule has 0 saturated heterocycles. The van der Waals surface area contributed by atoms with Gasteiger partial charge in [-0.1, -0.05) is 29.8 Å². The van der Waals surface area contributed by atoms with Crippen molar-refractivity contribution in [3.05, 3.63) is 113 Å². The molecule has 5 rings (SSSR count). The number of allylic oxidation sites excluding steroid dienone is 1. The Balaban J connectivity index is 1.32. The molecule has 0 amide bonds. The number of fused-ring (bicyclic) bond motifs is 1. The number of anilines is 2. The molecular formula is C27H21ClFN3O5S. The molecule has 1 aliphatic heterocycles. The molecule has 0 radical (unpaired) electrons. The second kappa shape index (κ2) is 10.7. The minimum Gasteiger partial charge on any atom is -0.487 e. The lowest BCUT2D eigenvalue weighted by Crippen LogP contribution is -2.01. The lowest BCUT2D eigenvalue weighted by molar-refractivity contribution is 0.177. The molecule has 38 heavy (non-hydrogen) atoms. The van der Waals surface area contributed by atoms with Crippen LogP contribution < -0.4 is 10.1 Å². The normalized spacial score (nSPS) is 16.0. The van der Waals surface area contributed by atoms with E-state index in [0.29, 0.717) is 33.4 Å². The predicted octanol–water partition coefficient (Wildman–Crippen LogP) is 6.19. The first kappa shape index (κ1) is 25.5. The van der Waals surface area contributed by atoms with Crippen LogP contribution in [0.4, 0.5) is 15.9 Å². The molecule has 0 spiro atoms. The van der Waals surface area contributed by atoms with Gasteiger partial charge in [-0.05, 0) is 65.7 Å². The van der Waals surface area contributed by atoms with E-state index in [1.807, 2.05) is 18.2 Å². The van der Waals surface area contributed by atoms with E-state index in [0.717, 1.165) is 23.5 Å². The number of nitrogens with zero attached hydrogens (tertiary/aromatic N) is 2. The van der Waals surface area contributed by atoms with E-state index in [2.05, 4.69) is 19.5 Å². The third-order valence-corrected chi connectivity index (χ3v) is 6.24. The molecule has 0 fully saturated rings. The van der Waals surface area contributed by atoms with E-state index in [9.17, 15) is 12.8 Å². The number of halogens is 2. The van der Waals surface area contributed by atoms with Crippen LogP contribution in [0.2, 0.25) is 5.02 Å². The Morgan fingerprint density at radius 1 is 1.13 bits per heavy atom. The van der Waals surface area contributed by atoms with Crippen LogP contribution in [0, 0.1) is 5.82 Å². The summed E-state index contributed by atoms with van der Waals surface area (Å²) in [6.45, 7) is 0.179. The van der Waals surface area contributed by atoms with Crippen molar-refractivity contribution in [2.75, 3.05) is 11.6 Å². The average Bonchev–Trinajstić information content (AvgIpc) is 3.36. The van der Waals surface area contributed by atoms with E-state index in [-0.39, 0.29) is 18.2 Å². The number of ether oxygens (including phenoxy) is 2. The molecule has 4 aromatic rings. The number of nitrogens with one attached hydrogen (secondary N) is 1. The fourth-order valence-corrected chi connectivity index (χ4v) is 4.26. The van der Waals surface area contributed by atoms with Crippen molar-refractivity contribution in [3.63, 3.8) is 0 Å². The van der Waals surface area contributed by atoms with Gasteiger partial charge in [0.15, 0.2) is 5.76 Å². The van der Waals surface area contributed by atoms with Crippen molar-refractivity contribution >= 4 is 44.1 Å². The first-order valence-electron chi connectivity index (χ1n) is 11.4. The smallest absolute Gasteiger partial charge is 0.305 e. The van der Waals surface area contributed by atoms with Gasteiger partial charge in [0.1, 0.15) is 42.7 Å². The summed E-state index contributed by atoms with van der Waals surface area (Å²) in [5.41, 5.74) is 2.90. The Morgan fingerprint density at radius 2 is 2.00 bits per heavy atom. The summed E-state index contributed by atoms with van der Waals surface area (Å²) in [4.78, 5) is 8.72. The molecule has 1 unspecified atom stereocenters. The lowest BCUT2D eigenvalue weighted by Gasteiger charge is -2.14. The zero-order valence-corrected chi connectivity index (χ0v) is 21.5. The van der Waals surface area contributed by atoms with Crippen LogP contribution in [0.3, 0.4) is 0 Å². The van der Waals surface area contributed by atoms with Crippen LogP contribution >= 0.6 is 11.6 Å². The van der Waals surface area contributed by atoms with Crippen LogP contribution in [0.15, 0.2) is 91.2 Å². The van der Waals surface area contributed by atoms with E-state index in [1.165, 1.54) is 18.5 Å². The first-order chi connectivity index (χ1) is 18.2. The molecule has 1 N–H and O–H groups in total. The monoisotopic (exact) mass is 553 g/mol. The third-order valence-electron chi connectivity index (χ3n) is 5.50. The Bertz CT molecular complexity index is 1680. The standard InChI is InChI=1S/C27H21ClFN3O5S/c1-38(33,34)36-15-21-7-10-25(37-21)18-5-8-24-22(12-18)27(31-16-30-24)32-20-6-9-26(23(28)13-20)35-14-17-3-2-4-19(29)11-17/h2-13,15-16,25H,14H2,1H3,(H,30,31,32)/b21-15+. The van der Waals surface area contributed by atoms with Gasteiger partial charge in [0.05, 0.1) is 16.8 Å². The zero-order chi connectivity index (χ0) is 26.7. The van der Waals surface area contributed by atoms with Gasteiger partial charge < -0.3 is 19.0 Å². The predicted molar refractivity (Wildman–Crippen MR) is 142 cm³/mol. The first-order valence-corrected chi connectivity index (χ1v) is 13.5. The number of benzene rings is 3. The molecule has 1 aliphatic rings. The van der Waals surface area contributed by atoms with Crippen LogP contribution in [-0.4, -0.2) is 24.6 Å². The largest absolute Gasteiger partial charge is 0.487 e. The van der Waals surface area contributed by atoms with Gasteiger partial charge in [0.2, 0.25) is 0 Å². The number of rotatable bonds is 8. The summed E-state index contributed by atoms with van der Waals surface area (Å²) < 4.78 is 52.1. The minimum atomic E-state index is -3.63. The van der Waals surface area contributed by atoms with E-state index in [4.69, 9.17) is 21.1 Å². The number of hydrogen-bond donors (Lipinski definition) is 1. The second-order valence-corrected chi connectivity index (χ2v) is 10.4. The van der Waals surface area contributed by atoms with Gasteiger partial charge in [-0.25, -0.2) is 14.4 Å². The molecule has 0 bridgehead atoms. The zero-order valence-electron chi connectivity index (χ0n) is 20.0. The van der Waals surface area contributed by atoms with Crippen molar-refractivity contribution < 1.29 is 26.5 Å². The topological polar surface area (TPSA) is 99.6 Å². The quantitative estimate of drug-likeness (QED) is 0.204. The molecule has 194 valence electrons. The highest BCUT2D eigenvalue weighted by Crippen LogP contribution is 2.34. The van der Waals surface area contributed by atoms with Crippen molar-refractivity contribution in [3.8, 4) is 5.75 Å². The molecular weight excluding hydrogens is 533 g/mol. The molecule has 0 saturated carbocycles. The van der Waals surface area contributed by atoms with E-state index in [1.54, 1.807) is 42.5 Å². The van der Waals surface area contributed by atoms with Crippen LogP contribution in [0.25, 0.3) is 10.9 Å². The van der Waals surface area contributed by atoms with Gasteiger partial charge in [0, 0.05) is 11.1 Å². The fourth-order valence-electron chi connectivity index (χ4n) is 3.76. The maximum absolute atomic E-state index is 13.4. The van der Waals surface area contributed by atoms with Crippen molar-refractivity contribution in [2.24, 2.45) is 0 Å². The third kappa shape index (κ3) is 6.21. The van der Waals surface area contributed by atoms with Gasteiger partial charge in [-0.2, -0.15) is 8.42 Å². The van der Waals surface area contributed by atoms with Crippen LogP contribution in [-0.2, 0) is 25.6 Å². The lowest BCUT2D eigenvalue weighted by atomic mass is 10.1. The molecule has 8 nitrogen and oxygen atoms in total. The Kier molecular flexibility index (Phi) is 7.17. The maximum Gasteiger partial charge on any atom is 0.305 e. The van der Waals surface area contributed by atoms with E-state index < -0.39 is 16.2 Å². The molecule has 1 atom stereocenters. The summed E-state index contributed by atoms with van der Waals surface area (Å²) in [7, 11) is -3.63. The summed E-state index contributed by atoms with van der Waals surface area (Å²) in [6.07, 6.45) is 6.46. The highest BCUT2D eigenvalue weighted by molar-refractivity contribution is 7.86. The van der Waals surface area contributed by atoms with Crippen LogP contribution in [0.1, 0.15) is 17.2 Å². The minimum absolute atomic E-state index is 0.179. The molecule has 0 aliphatic carbocycles. The summed E-state index contributed by atoms with van der Waals surface area (Å²) in [5, 5.41) is 4.39. The Morgan fingerprint density at radius 3 is 2.79 bits per heavy atom. The molecule has 11 heteroatoms. The summed E-state index contributed by atoms with van der Waals surface area (Å²) in [6, 6.07) is 17.0. The van der Waals surface area contributed by atoms with E-state index >= 15 is 0 Å². The number of hydrogen-bond acceptors (Lipinski definition) is 8. The highest BCUT2D eigenvalue weighted by atomic mass is 35.5. The fraction of sp³-hybridized carbons (Fsp3) is 0.111. The summed E-state index contributed by atoms with van der Waals surface area (Å²) in [5.74, 6) is 0.979. The van der Waals surface area contributed by atoms with Gasteiger partial charge in [-0.15, -0.1) is 0 Å². The Labute approximate surface area is 223 Å². The highest BCUT2D eigenvalue weighted by Gasteiger charge is 2.19. The van der Waals surface area contributed by atoms with Crippen LogP contribution in [0.5, 0.6) is 5.75 Å². The number of aromatic nitrogens is 2. The van der Waals surface area contributed by atoms with Crippen molar-refractivity contribution in [2.45, 2.75) is 12.7 Å². The van der Waals surface area contributed by atoms with Gasteiger partial charge in [-0.3, -0.25) is 0 Å². The molecule has 2 heterocycles. The SMILES string of the molecule is CS(=O)(=O)O/C=C1\C=CC(c2ccc3ncnc(Nc4ccc(OCc5cccc(F)c5)c(Cl)c4)c3c2)O1. The van der Waals surface area contributed by atoms with Crippen molar-refractivity contribution in [1.29, 1.82) is 0 Å². The maximum atomic E-state index is 13.4. The van der Waals surface area contributed by atoms with Gasteiger partial charge in [0.25, 0.3) is 0 Å². The Hall–Kier alpha value is -4.15. The summed E-state index contributed by atoms with van der Waals surface area (Å²) >= 11 is 6.44. The molecule has 1 aromatic heterocycles. The second-order valence-electron chi connectivity index (χ2n) is 8.41. The van der Waals surface area contributed by atoms with Crippen molar-refractivity contribution in [1.82, 2.24) is 9.97 Å².